The van der Waals surface area contributed by atoms with Crippen molar-refractivity contribution < 1.29 is 14.9 Å². The fraction of sp³-hybridized carbons (Fsp3) is 0.700. The molecule has 5 aliphatic rings. The van der Waals surface area contributed by atoms with E-state index >= 15 is 0 Å². The van der Waals surface area contributed by atoms with Gasteiger partial charge in [0, 0.05) is 18.0 Å². The van der Waals surface area contributed by atoms with E-state index in [0.29, 0.717) is 13.0 Å². The molecule has 0 spiro atoms. The summed E-state index contributed by atoms with van der Waals surface area (Å²) in [6.07, 6.45) is 8.58. The molecule has 4 aliphatic carbocycles. The molecule has 138 valence electrons. The molecule has 4 nitrogen and oxygen atoms in total. The Hall–Kier alpha value is -0.970. The van der Waals surface area contributed by atoms with Gasteiger partial charge in [-0.2, -0.15) is 0 Å². The lowest BCUT2D eigenvalue weighted by Gasteiger charge is -2.60. The predicted molar refractivity (Wildman–Crippen MR) is 97.9 cm³/mol. The maximum absolute atomic E-state index is 10.2. The van der Waals surface area contributed by atoms with Gasteiger partial charge in [0.05, 0.1) is 12.7 Å². The Bertz CT molecular complexity index is 642. The molecule has 4 fully saturated rings. The summed E-state index contributed by atoms with van der Waals surface area (Å²) >= 11 is 0. The first-order valence-corrected chi connectivity index (χ1v) is 9.44. The van der Waals surface area contributed by atoms with E-state index in [9.17, 15) is 10.2 Å². The van der Waals surface area contributed by atoms with E-state index in [0.717, 1.165) is 28.9 Å². The largest absolute Gasteiger partial charge is 0.504 e. The van der Waals surface area contributed by atoms with Crippen molar-refractivity contribution in [3.63, 3.8) is 0 Å². The molecule has 0 amide bonds. The first-order valence-electron chi connectivity index (χ1n) is 9.44. The summed E-state index contributed by atoms with van der Waals surface area (Å²) in [6, 6.07) is 3.41. The normalized spacial score (nSPS) is 39.6. The second-order valence-corrected chi connectivity index (χ2v) is 8.93. The molecule has 0 radical (unpaired) electrons. The average molecular weight is 366 g/mol. The van der Waals surface area contributed by atoms with E-state index in [4.69, 9.17) is 10.5 Å². The van der Waals surface area contributed by atoms with E-state index in [1.54, 1.807) is 0 Å². The van der Waals surface area contributed by atoms with Gasteiger partial charge >= 0.3 is 0 Å². The Morgan fingerprint density at radius 3 is 2.24 bits per heavy atom. The van der Waals surface area contributed by atoms with Gasteiger partial charge in [0.2, 0.25) is 0 Å². The van der Waals surface area contributed by atoms with Gasteiger partial charge in [-0.05, 0) is 73.3 Å². The lowest BCUT2D eigenvalue weighted by atomic mass is 9.47. The molecule has 4 N–H and O–H groups in total. The number of nitrogens with two attached hydrogens (primary N) is 1. The highest BCUT2D eigenvalue weighted by molar-refractivity contribution is 5.85. The first-order chi connectivity index (χ1) is 11.5. The third-order valence-electron chi connectivity index (χ3n) is 7.41. The van der Waals surface area contributed by atoms with Crippen LogP contribution in [0.4, 0.5) is 0 Å². The molecule has 6 rings (SSSR count). The van der Waals surface area contributed by atoms with Crippen molar-refractivity contribution in [2.45, 2.75) is 63.7 Å². The maximum Gasteiger partial charge on any atom is 0.161 e. The third-order valence-corrected chi connectivity index (χ3v) is 7.41. The predicted octanol–water partition coefficient (Wildman–Crippen LogP) is 3.50. The zero-order valence-corrected chi connectivity index (χ0v) is 15.3. The van der Waals surface area contributed by atoms with Crippen LogP contribution in [0.25, 0.3) is 0 Å². The van der Waals surface area contributed by atoms with Crippen LogP contribution in [0.2, 0.25) is 0 Å². The minimum Gasteiger partial charge on any atom is -0.504 e. The van der Waals surface area contributed by atoms with E-state index in [2.05, 4.69) is 0 Å². The zero-order chi connectivity index (χ0) is 16.5. The van der Waals surface area contributed by atoms with Crippen LogP contribution >= 0.6 is 12.4 Å². The summed E-state index contributed by atoms with van der Waals surface area (Å²) in [5.74, 6) is 2.58. The number of phenolic OH excluding ortho intramolecular Hbond substituents is 2. The van der Waals surface area contributed by atoms with E-state index in [1.807, 2.05) is 6.07 Å². The van der Waals surface area contributed by atoms with Gasteiger partial charge in [-0.25, -0.2) is 0 Å². The molecule has 2 atom stereocenters. The fourth-order valence-corrected chi connectivity index (χ4v) is 6.70. The lowest BCUT2D eigenvalue weighted by Crippen LogP contribution is -2.59. The highest BCUT2D eigenvalue weighted by atomic mass is 35.5. The molecule has 1 aromatic carbocycles. The van der Waals surface area contributed by atoms with Crippen LogP contribution in [0.15, 0.2) is 12.1 Å². The van der Waals surface area contributed by atoms with Crippen molar-refractivity contribution in [2.24, 2.45) is 28.9 Å². The molecular weight excluding hydrogens is 338 g/mol. The molecule has 0 saturated heterocycles. The first kappa shape index (κ1) is 17.4. The van der Waals surface area contributed by atoms with Crippen molar-refractivity contribution in [2.75, 3.05) is 0 Å². The summed E-state index contributed by atoms with van der Waals surface area (Å²) in [7, 11) is 0. The van der Waals surface area contributed by atoms with Crippen LogP contribution < -0.4 is 5.73 Å². The number of benzene rings is 1. The standard InChI is InChI=1S/C20H27NO3.ClH/c21-19(20-7-11-3-12(8-20)5-13(4-11)9-20)17-6-15-14(10-24-17)1-2-16(22)18(15)23;/h1-2,11-13,17,19,22-23H,3-10,21H2;1H. The van der Waals surface area contributed by atoms with Crippen molar-refractivity contribution >= 4 is 12.4 Å². The number of rotatable bonds is 2. The van der Waals surface area contributed by atoms with Crippen molar-refractivity contribution in [1.29, 1.82) is 0 Å². The maximum atomic E-state index is 10.2. The molecule has 1 heterocycles. The van der Waals surface area contributed by atoms with Crippen LogP contribution in [0.1, 0.15) is 49.7 Å². The van der Waals surface area contributed by atoms with Gasteiger partial charge in [-0.15, -0.1) is 12.4 Å². The van der Waals surface area contributed by atoms with Crippen LogP contribution in [-0.2, 0) is 17.8 Å². The highest BCUT2D eigenvalue weighted by Crippen LogP contribution is 2.61. The number of hydrogen-bond acceptors (Lipinski definition) is 4. The van der Waals surface area contributed by atoms with Crippen LogP contribution in [0, 0.1) is 23.2 Å². The summed E-state index contributed by atoms with van der Waals surface area (Å²) in [6.45, 7) is 0.480. The molecule has 0 aromatic heterocycles. The van der Waals surface area contributed by atoms with Crippen LogP contribution in [0.5, 0.6) is 11.5 Å². The number of ether oxygens (including phenoxy) is 1. The Labute approximate surface area is 155 Å². The summed E-state index contributed by atoms with van der Waals surface area (Å²) < 4.78 is 6.13. The monoisotopic (exact) mass is 365 g/mol. The molecule has 5 heteroatoms. The molecule has 1 aromatic rings. The summed E-state index contributed by atoms with van der Waals surface area (Å²) in [5, 5.41) is 20.0. The topological polar surface area (TPSA) is 75.7 Å². The number of aromatic hydroxyl groups is 2. The van der Waals surface area contributed by atoms with E-state index in [1.165, 1.54) is 44.6 Å². The fourth-order valence-electron chi connectivity index (χ4n) is 6.70. The zero-order valence-electron chi connectivity index (χ0n) is 14.5. The minimum absolute atomic E-state index is 0. The van der Waals surface area contributed by atoms with Gasteiger partial charge in [-0.1, -0.05) is 6.07 Å². The Morgan fingerprint density at radius 2 is 1.64 bits per heavy atom. The van der Waals surface area contributed by atoms with Gasteiger partial charge < -0.3 is 20.7 Å². The number of phenols is 2. The SMILES string of the molecule is Cl.NC(C1Cc2c(ccc(O)c2O)CO1)C12CC3CC(CC(C3)C1)C2. The minimum atomic E-state index is -0.0542. The lowest BCUT2D eigenvalue weighted by molar-refractivity contribution is -0.106. The van der Waals surface area contributed by atoms with Gasteiger partial charge in [0.25, 0.3) is 0 Å². The third kappa shape index (κ3) is 2.65. The van der Waals surface area contributed by atoms with E-state index < -0.39 is 0 Å². The van der Waals surface area contributed by atoms with Crippen LogP contribution in [0.3, 0.4) is 0 Å². The smallest absolute Gasteiger partial charge is 0.161 e. The number of fused-ring (bicyclic) bond motifs is 1. The Kier molecular flexibility index (Phi) is 4.21. The average Bonchev–Trinajstić information content (AvgIpc) is 2.56. The van der Waals surface area contributed by atoms with Crippen molar-refractivity contribution in [3.8, 4) is 11.5 Å². The molecule has 4 saturated carbocycles. The second-order valence-electron chi connectivity index (χ2n) is 8.93. The van der Waals surface area contributed by atoms with Crippen molar-refractivity contribution in [3.05, 3.63) is 23.3 Å². The van der Waals surface area contributed by atoms with Gasteiger partial charge in [0.15, 0.2) is 11.5 Å². The summed E-state index contributed by atoms with van der Waals surface area (Å²) in [4.78, 5) is 0. The number of halogens is 1. The van der Waals surface area contributed by atoms with Gasteiger partial charge in [-0.3, -0.25) is 0 Å². The van der Waals surface area contributed by atoms with Gasteiger partial charge in [0.1, 0.15) is 0 Å². The van der Waals surface area contributed by atoms with E-state index in [-0.39, 0.29) is 41.5 Å². The van der Waals surface area contributed by atoms with Crippen molar-refractivity contribution in [1.82, 2.24) is 0 Å². The molecule has 4 bridgehead atoms. The quantitative estimate of drug-likeness (QED) is 0.701. The molecular formula is C20H28ClNO3. The molecule has 25 heavy (non-hydrogen) atoms. The van der Waals surface area contributed by atoms with Crippen LogP contribution in [-0.4, -0.2) is 22.4 Å². The number of hydrogen-bond donors (Lipinski definition) is 3. The summed E-state index contributed by atoms with van der Waals surface area (Å²) in [5.41, 5.74) is 8.86. The Balaban J connectivity index is 0.00000157. The highest BCUT2D eigenvalue weighted by Gasteiger charge is 2.55. The molecule has 1 aliphatic heterocycles. The Morgan fingerprint density at radius 1 is 1.04 bits per heavy atom. The molecule has 2 unspecified atom stereocenters. The second kappa shape index (κ2) is 6.04.